The molecule has 1 amide bonds. The van der Waals surface area contributed by atoms with Gasteiger partial charge in [0.25, 0.3) is 5.91 Å². The molecule has 29 heavy (non-hydrogen) atoms. The van der Waals surface area contributed by atoms with E-state index < -0.39 is 28.5 Å². The molecule has 0 aliphatic heterocycles. The molecule has 12 heteroatoms. The molecule has 0 saturated carbocycles. The summed E-state index contributed by atoms with van der Waals surface area (Å²) >= 11 is 17.6. The highest BCUT2D eigenvalue weighted by Gasteiger charge is 2.39. The highest BCUT2D eigenvalue weighted by atomic mass is 35.5. The van der Waals surface area contributed by atoms with E-state index in [-0.39, 0.29) is 5.82 Å². The first-order valence-electron chi connectivity index (χ1n) is 8.06. The fraction of sp³-hybridized carbons (Fsp3) is 0.235. The van der Waals surface area contributed by atoms with Gasteiger partial charge in [0.1, 0.15) is 10.7 Å². The first kappa shape index (κ1) is 21.5. The maximum Gasteiger partial charge on any atom is 0.436 e. The third-order valence-electron chi connectivity index (χ3n) is 4.01. The number of aromatic nitrogens is 4. The number of anilines is 1. The lowest BCUT2D eigenvalue weighted by Gasteiger charge is -2.06. The summed E-state index contributed by atoms with van der Waals surface area (Å²) in [5.41, 5.74) is -0.213. The smallest absolute Gasteiger partial charge is 0.304 e. The molecule has 0 unspecified atom stereocenters. The molecule has 0 aliphatic rings. The van der Waals surface area contributed by atoms with Crippen molar-refractivity contribution in [2.45, 2.75) is 19.6 Å². The largest absolute Gasteiger partial charge is 0.436 e. The summed E-state index contributed by atoms with van der Waals surface area (Å²) in [5, 5.41) is 10.0. The van der Waals surface area contributed by atoms with Crippen molar-refractivity contribution in [1.82, 2.24) is 19.6 Å². The Morgan fingerprint density at radius 2 is 1.83 bits per heavy atom. The number of hydrogen-bond acceptors (Lipinski definition) is 3. The maximum absolute atomic E-state index is 12.9. The van der Waals surface area contributed by atoms with Crippen molar-refractivity contribution in [2.75, 3.05) is 5.32 Å². The molecule has 0 aliphatic carbocycles. The molecular weight excluding hydrogens is 454 g/mol. The van der Waals surface area contributed by atoms with E-state index in [2.05, 4.69) is 15.5 Å². The van der Waals surface area contributed by atoms with Crippen molar-refractivity contribution in [1.29, 1.82) is 0 Å². The summed E-state index contributed by atoms with van der Waals surface area (Å²) in [6, 6.07) is 6.70. The first-order chi connectivity index (χ1) is 13.5. The van der Waals surface area contributed by atoms with Crippen LogP contribution in [0.4, 0.5) is 19.0 Å². The van der Waals surface area contributed by atoms with Gasteiger partial charge in [0.05, 0.1) is 16.6 Å². The number of amides is 1. The minimum Gasteiger partial charge on any atom is -0.304 e. The van der Waals surface area contributed by atoms with Crippen LogP contribution in [0.15, 0.2) is 24.3 Å². The average Bonchev–Trinajstić information content (AvgIpc) is 3.09. The molecule has 2 heterocycles. The zero-order chi connectivity index (χ0) is 21.5. The molecule has 0 radical (unpaired) electrons. The van der Waals surface area contributed by atoms with Crippen LogP contribution in [0.3, 0.4) is 0 Å². The van der Waals surface area contributed by atoms with Crippen molar-refractivity contribution >= 4 is 46.5 Å². The molecule has 0 saturated heterocycles. The lowest BCUT2D eigenvalue weighted by atomic mass is 10.2. The van der Waals surface area contributed by atoms with Gasteiger partial charge < -0.3 is 5.32 Å². The minimum absolute atomic E-state index is 0.151. The van der Waals surface area contributed by atoms with Crippen molar-refractivity contribution in [3.63, 3.8) is 0 Å². The number of hydrogen-bond donors (Lipinski definition) is 1. The van der Waals surface area contributed by atoms with E-state index in [1.807, 2.05) is 0 Å². The van der Waals surface area contributed by atoms with Crippen LogP contribution in [0.25, 0.3) is 0 Å². The van der Waals surface area contributed by atoms with E-state index in [1.54, 1.807) is 35.9 Å². The van der Waals surface area contributed by atoms with Crippen LogP contribution >= 0.6 is 34.8 Å². The summed E-state index contributed by atoms with van der Waals surface area (Å²) in [7, 11) is 1.20. The Morgan fingerprint density at radius 3 is 2.41 bits per heavy atom. The highest BCUT2D eigenvalue weighted by molar-refractivity contribution is 6.42. The minimum atomic E-state index is -4.77. The molecule has 3 rings (SSSR count). The number of carbonyl (C=O) groups is 1. The summed E-state index contributed by atoms with van der Waals surface area (Å²) in [5.74, 6) is -0.710. The van der Waals surface area contributed by atoms with Crippen LogP contribution in [0.5, 0.6) is 0 Å². The van der Waals surface area contributed by atoms with Gasteiger partial charge in [-0.2, -0.15) is 23.4 Å². The predicted molar refractivity (Wildman–Crippen MR) is 104 cm³/mol. The molecule has 154 valence electrons. The molecule has 2 aromatic heterocycles. The second kappa shape index (κ2) is 7.89. The summed E-state index contributed by atoms with van der Waals surface area (Å²) < 4.78 is 41.1. The van der Waals surface area contributed by atoms with Crippen LogP contribution in [-0.4, -0.2) is 25.5 Å². The molecule has 0 atom stereocenters. The molecule has 1 N–H and O–H groups in total. The molecule has 0 fully saturated rings. The van der Waals surface area contributed by atoms with Crippen LogP contribution in [0, 0.1) is 6.92 Å². The molecule has 0 spiro atoms. The van der Waals surface area contributed by atoms with Gasteiger partial charge in [0, 0.05) is 18.8 Å². The summed E-state index contributed by atoms with van der Waals surface area (Å²) in [6.07, 6.45) is -4.77. The summed E-state index contributed by atoms with van der Waals surface area (Å²) in [6.45, 7) is 2.11. The monoisotopic (exact) mass is 465 g/mol. The van der Waals surface area contributed by atoms with E-state index in [0.717, 1.165) is 10.2 Å². The van der Waals surface area contributed by atoms with Crippen molar-refractivity contribution in [3.8, 4) is 0 Å². The predicted octanol–water partition coefficient (Wildman–Crippen LogP) is 5.20. The maximum atomic E-state index is 12.9. The Kier molecular flexibility index (Phi) is 5.84. The molecule has 1 aromatic carbocycles. The first-order valence-corrected chi connectivity index (χ1v) is 9.20. The fourth-order valence-electron chi connectivity index (χ4n) is 2.64. The SMILES string of the molecule is Cc1cc(NC(=O)c2c(Cl)c(C(F)(F)F)nn2C)nn1Cc1ccc(Cl)c(Cl)c1. The van der Waals surface area contributed by atoms with E-state index in [4.69, 9.17) is 34.8 Å². The van der Waals surface area contributed by atoms with Gasteiger partial charge in [-0.1, -0.05) is 40.9 Å². The topological polar surface area (TPSA) is 64.7 Å². The van der Waals surface area contributed by atoms with Crippen molar-refractivity contribution < 1.29 is 18.0 Å². The zero-order valence-corrected chi connectivity index (χ0v) is 17.2. The van der Waals surface area contributed by atoms with Gasteiger partial charge in [0.2, 0.25) is 0 Å². The Labute approximate surface area is 178 Å². The Balaban J connectivity index is 1.81. The van der Waals surface area contributed by atoms with Crippen molar-refractivity contribution in [2.24, 2.45) is 7.05 Å². The van der Waals surface area contributed by atoms with Crippen molar-refractivity contribution in [3.05, 3.63) is 62.0 Å². The van der Waals surface area contributed by atoms with E-state index in [1.165, 1.54) is 7.05 Å². The highest BCUT2D eigenvalue weighted by Crippen LogP contribution is 2.35. The van der Waals surface area contributed by atoms with Crippen LogP contribution in [0.2, 0.25) is 15.1 Å². The molecule has 6 nitrogen and oxygen atoms in total. The quantitative estimate of drug-likeness (QED) is 0.574. The van der Waals surface area contributed by atoms with Gasteiger partial charge in [-0.3, -0.25) is 14.2 Å². The lowest BCUT2D eigenvalue weighted by molar-refractivity contribution is -0.141. The van der Waals surface area contributed by atoms with E-state index in [9.17, 15) is 18.0 Å². The molecule has 0 bridgehead atoms. The number of nitrogens with one attached hydrogen (secondary N) is 1. The van der Waals surface area contributed by atoms with Gasteiger partial charge >= 0.3 is 6.18 Å². The number of halogens is 6. The molecular formula is C17H13Cl3F3N5O. The number of alkyl halides is 3. The number of aryl methyl sites for hydroxylation is 2. The van der Waals surface area contributed by atoms with E-state index in [0.29, 0.717) is 22.3 Å². The lowest BCUT2D eigenvalue weighted by Crippen LogP contribution is -2.17. The van der Waals surface area contributed by atoms with E-state index >= 15 is 0 Å². The van der Waals surface area contributed by atoms with Crippen LogP contribution in [0.1, 0.15) is 27.4 Å². The zero-order valence-electron chi connectivity index (χ0n) is 15.0. The molecule has 3 aromatic rings. The number of carbonyl (C=O) groups excluding carboxylic acids is 1. The van der Waals surface area contributed by atoms with Gasteiger partial charge in [-0.15, -0.1) is 0 Å². The number of benzene rings is 1. The normalized spacial score (nSPS) is 11.7. The van der Waals surface area contributed by atoms with Crippen LogP contribution in [-0.2, 0) is 19.8 Å². The second-order valence-electron chi connectivity index (χ2n) is 6.16. The average molecular weight is 467 g/mol. The number of nitrogens with zero attached hydrogens (tertiary/aromatic N) is 4. The Bertz CT molecular complexity index is 1090. The Morgan fingerprint density at radius 1 is 1.14 bits per heavy atom. The van der Waals surface area contributed by atoms with Gasteiger partial charge in [-0.25, -0.2) is 0 Å². The standard InChI is InChI=1S/C17H13Cl3F3N5O/c1-8-5-12(25-28(8)7-9-3-4-10(18)11(19)6-9)24-16(29)14-13(20)15(17(21,22)23)26-27(14)2/h3-6H,7H2,1-2H3,(H,24,25,29). The fourth-order valence-corrected chi connectivity index (χ4v) is 3.32. The summed E-state index contributed by atoms with van der Waals surface area (Å²) in [4.78, 5) is 12.5. The van der Waals surface area contributed by atoms with Gasteiger partial charge in [-0.05, 0) is 24.6 Å². The number of rotatable bonds is 4. The van der Waals surface area contributed by atoms with Gasteiger partial charge in [0.15, 0.2) is 11.5 Å². The Hall–Kier alpha value is -2.23. The third-order valence-corrected chi connectivity index (χ3v) is 5.11. The third kappa shape index (κ3) is 4.52. The second-order valence-corrected chi connectivity index (χ2v) is 7.36. The van der Waals surface area contributed by atoms with Crippen LogP contribution < -0.4 is 5.32 Å².